The molecule has 2 aliphatic rings. The van der Waals surface area contributed by atoms with Crippen LogP contribution in [0.5, 0.6) is 0 Å². The zero-order valence-corrected chi connectivity index (χ0v) is 19.0. The number of nitrogens with one attached hydrogen (secondary N) is 2. The van der Waals surface area contributed by atoms with Crippen molar-refractivity contribution in [1.82, 2.24) is 10.6 Å². The molecule has 1 saturated heterocycles. The van der Waals surface area contributed by atoms with E-state index in [1.165, 1.54) is 0 Å². The number of aliphatic carboxylic acids is 1. The Morgan fingerprint density at radius 1 is 1.06 bits per heavy atom. The van der Waals surface area contributed by atoms with E-state index in [1.807, 2.05) is 24.3 Å². The largest absolute Gasteiger partial charge is 0.479 e. The van der Waals surface area contributed by atoms with E-state index in [1.54, 1.807) is 13.0 Å². The molecule has 8 nitrogen and oxygen atoms in total. The topological polar surface area (TPSA) is 114 Å². The van der Waals surface area contributed by atoms with E-state index in [0.717, 1.165) is 22.3 Å². The molecule has 1 aliphatic carbocycles. The Morgan fingerprint density at radius 2 is 1.71 bits per heavy atom. The number of carboxylic acid groups (broad SMARTS) is 1. The van der Waals surface area contributed by atoms with Gasteiger partial charge in [-0.1, -0.05) is 54.6 Å². The minimum atomic E-state index is -1.02. The number of benzene rings is 2. The molecule has 1 aliphatic heterocycles. The number of carbonyl (C=O) groups is 3. The number of carbonyl (C=O) groups excluding carboxylic acids is 2. The molecule has 0 spiro atoms. The van der Waals surface area contributed by atoms with Crippen LogP contribution in [0.15, 0.2) is 60.2 Å². The molecule has 3 N–H and O–H groups in total. The Morgan fingerprint density at radius 3 is 2.35 bits per heavy atom. The summed E-state index contributed by atoms with van der Waals surface area (Å²) in [6.45, 7) is 2.59. The predicted molar refractivity (Wildman–Crippen MR) is 125 cm³/mol. The lowest BCUT2D eigenvalue weighted by Gasteiger charge is -2.15. The monoisotopic (exact) mass is 464 g/mol. The van der Waals surface area contributed by atoms with Gasteiger partial charge in [0.2, 0.25) is 5.91 Å². The van der Waals surface area contributed by atoms with Crippen molar-refractivity contribution in [2.45, 2.75) is 25.4 Å². The summed E-state index contributed by atoms with van der Waals surface area (Å²) >= 11 is 0. The van der Waals surface area contributed by atoms with Crippen molar-refractivity contribution in [3.8, 4) is 11.1 Å². The molecule has 0 aromatic heterocycles. The van der Waals surface area contributed by atoms with Crippen molar-refractivity contribution < 1.29 is 29.0 Å². The van der Waals surface area contributed by atoms with Crippen LogP contribution in [0.4, 0.5) is 4.79 Å². The number of amides is 2. The second-order valence-electron chi connectivity index (χ2n) is 8.48. The fourth-order valence-electron chi connectivity index (χ4n) is 4.51. The van der Waals surface area contributed by atoms with Crippen molar-refractivity contribution in [3.63, 3.8) is 0 Å². The maximum Gasteiger partial charge on any atom is 0.407 e. The molecular weight excluding hydrogens is 436 g/mol. The van der Waals surface area contributed by atoms with Gasteiger partial charge in [0.15, 0.2) is 6.10 Å². The van der Waals surface area contributed by atoms with Crippen LogP contribution in [-0.2, 0) is 19.1 Å². The Kier molecular flexibility index (Phi) is 7.27. The Balaban J connectivity index is 1.24. The Bertz CT molecular complexity index is 1070. The fraction of sp³-hybridized carbons (Fsp3) is 0.346. The van der Waals surface area contributed by atoms with Gasteiger partial charge in [0.05, 0.1) is 0 Å². The van der Waals surface area contributed by atoms with Crippen LogP contribution >= 0.6 is 0 Å². The number of carboxylic acids is 1. The first-order valence-corrected chi connectivity index (χ1v) is 11.3. The minimum Gasteiger partial charge on any atom is -0.479 e. The van der Waals surface area contributed by atoms with Gasteiger partial charge < -0.3 is 25.2 Å². The van der Waals surface area contributed by atoms with Crippen molar-refractivity contribution >= 4 is 18.0 Å². The van der Waals surface area contributed by atoms with Gasteiger partial charge in [0.25, 0.3) is 0 Å². The average Bonchev–Trinajstić information content (AvgIpc) is 3.44. The molecule has 178 valence electrons. The number of rotatable bonds is 8. The van der Waals surface area contributed by atoms with Crippen LogP contribution in [0.2, 0.25) is 0 Å². The van der Waals surface area contributed by atoms with Crippen molar-refractivity contribution in [2.24, 2.45) is 5.92 Å². The number of hydrogen-bond donors (Lipinski definition) is 3. The van der Waals surface area contributed by atoms with E-state index in [0.29, 0.717) is 18.6 Å². The van der Waals surface area contributed by atoms with Crippen LogP contribution < -0.4 is 10.6 Å². The summed E-state index contributed by atoms with van der Waals surface area (Å²) in [5.74, 6) is -1.61. The van der Waals surface area contributed by atoms with Gasteiger partial charge in [0, 0.05) is 37.1 Å². The highest BCUT2D eigenvalue weighted by Gasteiger charge is 2.34. The first kappa shape index (κ1) is 23.5. The summed E-state index contributed by atoms with van der Waals surface area (Å²) in [6, 6.07) is 16.2. The van der Waals surface area contributed by atoms with Crippen molar-refractivity contribution in [1.29, 1.82) is 0 Å². The normalized spacial score (nSPS) is 19.3. The summed E-state index contributed by atoms with van der Waals surface area (Å²) < 4.78 is 10.7. The first-order valence-electron chi connectivity index (χ1n) is 11.3. The van der Waals surface area contributed by atoms with Crippen molar-refractivity contribution in [2.75, 3.05) is 26.3 Å². The molecule has 2 atom stereocenters. The Hall–Kier alpha value is -3.65. The molecule has 0 unspecified atom stereocenters. The number of alkyl carbamates (subject to hydrolysis) is 1. The van der Waals surface area contributed by atoms with Gasteiger partial charge in [-0.25, -0.2) is 9.59 Å². The zero-order chi connectivity index (χ0) is 24.1. The van der Waals surface area contributed by atoms with E-state index in [-0.39, 0.29) is 37.4 Å². The number of ether oxygens (including phenoxy) is 2. The van der Waals surface area contributed by atoms with Gasteiger partial charge in [-0.05, 0) is 35.6 Å². The number of fused-ring (bicyclic) bond motifs is 3. The number of hydrogen-bond acceptors (Lipinski definition) is 5. The summed E-state index contributed by atoms with van der Waals surface area (Å²) in [6.07, 6.45) is 0.735. The lowest BCUT2D eigenvalue weighted by atomic mass is 9.98. The van der Waals surface area contributed by atoms with E-state index in [9.17, 15) is 14.4 Å². The van der Waals surface area contributed by atoms with Gasteiger partial charge in [0.1, 0.15) is 6.61 Å². The Labute approximate surface area is 198 Å². The molecule has 2 aromatic carbocycles. The van der Waals surface area contributed by atoms with E-state index in [4.69, 9.17) is 14.6 Å². The third kappa shape index (κ3) is 5.12. The van der Waals surface area contributed by atoms with Gasteiger partial charge in [-0.15, -0.1) is 0 Å². The summed E-state index contributed by atoms with van der Waals surface area (Å²) in [5, 5.41) is 14.5. The van der Waals surface area contributed by atoms with E-state index >= 15 is 0 Å². The molecule has 0 radical (unpaired) electrons. The van der Waals surface area contributed by atoms with E-state index in [2.05, 4.69) is 34.9 Å². The van der Waals surface area contributed by atoms with Crippen LogP contribution in [-0.4, -0.2) is 55.5 Å². The summed E-state index contributed by atoms with van der Waals surface area (Å²) in [5.41, 5.74) is 5.03. The molecule has 34 heavy (non-hydrogen) atoms. The highest BCUT2D eigenvalue weighted by atomic mass is 16.5. The predicted octanol–water partition coefficient (Wildman–Crippen LogP) is 3.08. The molecular formula is C26H28N2O6. The molecule has 0 saturated carbocycles. The smallest absolute Gasteiger partial charge is 0.407 e. The highest BCUT2D eigenvalue weighted by Crippen LogP contribution is 2.44. The first-order chi connectivity index (χ1) is 16.5. The lowest BCUT2D eigenvalue weighted by molar-refractivity contribution is -0.149. The zero-order valence-electron chi connectivity index (χ0n) is 19.0. The second kappa shape index (κ2) is 10.5. The van der Waals surface area contributed by atoms with Crippen LogP contribution in [0.3, 0.4) is 0 Å². The fourth-order valence-corrected chi connectivity index (χ4v) is 4.51. The third-order valence-corrected chi connectivity index (χ3v) is 6.34. The minimum absolute atomic E-state index is 0.0181. The standard InChI is InChI=1S/C26H28N2O6/c1-16(24(29)28-14-17-11-13-33-23(17)25(30)31)10-12-27-26(32)34-15-22-20-8-4-2-6-18(20)19-7-3-5-9-21(19)22/h2-10,17,22-23H,11-15H2,1H3,(H,27,32)(H,28,29)(H,30,31)/b16-10+/t17-,23-/m0/s1. The summed E-state index contributed by atoms with van der Waals surface area (Å²) in [4.78, 5) is 35.7. The van der Waals surface area contributed by atoms with Crippen LogP contribution in [0.1, 0.15) is 30.4 Å². The second-order valence-corrected chi connectivity index (χ2v) is 8.48. The molecule has 2 aromatic rings. The third-order valence-electron chi connectivity index (χ3n) is 6.34. The molecule has 4 rings (SSSR count). The maximum absolute atomic E-state index is 12.3. The average molecular weight is 465 g/mol. The van der Waals surface area contributed by atoms with Crippen LogP contribution in [0.25, 0.3) is 11.1 Å². The molecule has 1 heterocycles. The molecule has 0 bridgehead atoms. The van der Waals surface area contributed by atoms with Crippen molar-refractivity contribution in [3.05, 3.63) is 71.3 Å². The quantitative estimate of drug-likeness (QED) is 0.518. The van der Waals surface area contributed by atoms with Gasteiger partial charge in [-0.2, -0.15) is 0 Å². The lowest BCUT2D eigenvalue weighted by Crippen LogP contribution is -2.36. The highest BCUT2D eigenvalue weighted by molar-refractivity contribution is 5.92. The van der Waals surface area contributed by atoms with Gasteiger partial charge in [-0.3, -0.25) is 4.79 Å². The van der Waals surface area contributed by atoms with E-state index < -0.39 is 18.2 Å². The van der Waals surface area contributed by atoms with Gasteiger partial charge >= 0.3 is 12.1 Å². The maximum atomic E-state index is 12.3. The summed E-state index contributed by atoms with van der Waals surface area (Å²) in [7, 11) is 0. The SMILES string of the molecule is C/C(=C\CNC(=O)OCC1c2ccccc2-c2ccccc21)C(=O)NC[C@@H]1CCO[C@@H]1C(=O)O. The molecule has 8 heteroatoms. The van der Waals surface area contributed by atoms with Crippen LogP contribution in [0, 0.1) is 5.92 Å². The molecule has 2 amide bonds. The molecule has 1 fully saturated rings.